The summed E-state index contributed by atoms with van der Waals surface area (Å²) in [5, 5.41) is 4.81. The Labute approximate surface area is 123 Å². The molecular formula is C17H18N2O2. The van der Waals surface area contributed by atoms with Gasteiger partial charge < -0.3 is 5.32 Å². The van der Waals surface area contributed by atoms with E-state index in [9.17, 15) is 9.59 Å². The average molecular weight is 282 g/mol. The average Bonchev–Trinajstić information content (AvgIpc) is 2.50. The molecule has 0 aliphatic carbocycles. The van der Waals surface area contributed by atoms with Crippen molar-refractivity contribution in [2.24, 2.45) is 0 Å². The van der Waals surface area contributed by atoms with Crippen molar-refractivity contribution < 1.29 is 9.59 Å². The van der Waals surface area contributed by atoms with Crippen molar-refractivity contribution >= 4 is 28.3 Å². The first-order valence-corrected chi connectivity index (χ1v) is 7.24. The molecule has 1 aliphatic heterocycles. The normalized spacial score (nSPS) is 22.5. The van der Waals surface area contributed by atoms with Crippen LogP contribution in [0.5, 0.6) is 0 Å². The number of nitrogens with one attached hydrogen (secondary N) is 1. The smallest absolute Gasteiger partial charge is 0.250 e. The lowest BCUT2D eigenvalue weighted by molar-refractivity contribution is -0.133. The first-order chi connectivity index (χ1) is 10.1. The zero-order valence-corrected chi connectivity index (χ0v) is 12.2. The molecule has 3 rings (SSSR count). The van der Waals surface area contributed by atoms with Crippen LogP contribution in [0, 0.1) is 0 Å². The number of nitrogens with zero attached hydrogens (tertiary/aromatic N) is 1. The number of piperazine rings is 1. The van der Waals surface area contributed by atoms with Gasteiger partial charge in [0.15, 0.2) is 0 Å². The highest BCUT2D eigenvalue weighted by atomic mass is 16.2. The van der Waals surface area contributed by atoms with Crippen LogP contribution in [0.1, 0.15) is 20.3 Å². The van der Waals surface area contributed by atoms with Crippen molar-refractivity contribution in [3.05, 3.63) is 42.5 Å². The predicted molar refractivity (Wildman–Crippen MR) is 83.1 cm³/mol. The highest BCUT2D eigenvalue weighted by Gasteiger charge is 2.38. The summed E-state index contributed by atoms with van der Waals surface area (Å²) in [6, 6.07) is 12.8. The Morgan fingerprint density at radius 2 is 1.81 bits per heavy atom. The van der Waals surface area contributed by atoms with E-state index in [0.29, 0.717) is 6.42 Å². The van der Waals surface area contributed by atoms with Crippen LogP contribution in [0.25, 0.3) is 10.8 Å². The first-order valence-electron chi connectivity index (χ1n) is 7.24. The molecular weight excluding hydrogens is 264 g/mol. The molecule has 2 aromatic rings. The predicted octanol–water partition coefficient (Wildman–Crippen LogP) is 2.47. The molecule has 1 aliphatic rings. The third-order valence-corrected chi connectivity index (χ3v) is 3.99. The molecule has 1 N–H and O–H groups in total. The van der Waals surface area contributed by atoms with Gasteiger partial charge >= 0.3 is 0 Å². The Bertz CT molecular complexity index is 706. The van der Waals surface area contributed by atoms with Crippen molar-refractivity contribution in [1.82, 2.24) is 5.32 Å². The van der Waals surface area contributed by atoms with Crippen LogP contribution in [0.2, 0.25) is 0 Å². The Morgan fingerprint density at radius 1 is 1.10 bits per heavy atom. The van der Waals surface area contributed by atoms with E-state index in [0.717, 1.165) is 16.5 Å². The number of hydrogen-bond donors (Lipinski definition) is 1. The summed E-state index contributed by atoms with van der Waals surface area (Å²) in [4.78, 5) is 26.5. The second kappa shape index (κ2) is 5.20. The highest BCUT2D eigenvalue weighted by Crippen LogP contribution is 2.30. The van der Waals surface area contributed by atoms with E-state index >= 15 is 0 Å². The monoisotopic (exact) mass is 282 g/mol. The largest absolute Gasteiger partial charge is 0.343 e. The summed E-state index contributed by atoms with van der Waals surface area (Å²) < 4.78 is 0. The summed E-state index contributed by atoms with van der Waals surface area (Å²) in [5.74, 6) is -0.143. The van der Waals surface area contributed by atoms with Crippen molar-refractivity contribution in [3.63, 3.8) is 0 Å². The Hall–Kier alpha value is -2.36. The Balaban J connectivity index is 2.18. The van der Waals surface area contributed by atoms with Crippen LogP contribution in [0.15, 0.2) is 42.5 Å². The van der Waals surface area contributed by atoms with Gasteiger partial charge in [0.05, 0.1) is 5.69 Å². The summed E-state index contributed by atoms with van der Waals surface area (Å²) in [6.45, 7) is 3.65. The Kier molecular flexibility index (Phi) is 3.37. The molecule has 0 spiro atoms. The first kappa shape index (κ1) is 13.6. The number of carbonyl (C=O) groups excluding carboxylic acids is 2. The van der Waals surface area contributed by atoms with Crippen molar-refractivity contribution in [2.45, 2.75) is 32.4 Å². The quantitative estimate of drug-likeness (QED) is 0.920. The third kappa shape index (κ3) is 2.17. The molecule has 0 bridgehead atoms. The fourth-order valence-electron chi connectivity index (χ4n) is 2.92. The molecule has 1 saturated heterocycles. The number of rotatable bonds is 2. The lowest BCUT2D eigenvalue weighted by Gasteiger charge is -2.38. The number of anilines is 1. The van der Waals surface area contributed by atoms with Gasteiger partial charge in [-0.25, -0.2) is 0 Å². The summed E-state index contributed by atoms with van der Waals surface area (Å²) >= 11 is 0. The fraction of sp³-hybridized carbons (Fsp3) is 0.294. The molecule has 0 aromatic heterocycles. The summed E-state index contributed by atoms with van der Waals surface area (Å²) in [7, 11) is 0. The van der Waals surface area contributed by atoms with Gasteiger partial charge in [0.1, 0.15) is 12.1 Å². The molecule has 0 radical (unpaired) electrons. The zero-order valence-electron chi connectivity index (χ0n) is 12.2. The lowest BCUT2D eigenvalue weighted by atomic mass is 10.0. The second-order valence-electron chi connectivity index (χ2n) is 5.36. The minimum absolute atomic E-state index is 0.0576. The zero-order chi connectivity index (χ0) is 15.0. The molecule has 2 unspecified atom stereocenters. The topological polar surface area (TPSA) is 49.4 Å². The standard InChI is InChI=1S/C17H18N2O2/c1-3-14-16(20)18-11(2)17(21)19(14)15-10-6-8-12-7-4-5-9-13(12)15/h4-11,14H,3H2,1-2H3,(H,18,20). The van der Waals surface area contributed by atoms with E-state index in [4.69, 9.17) is 0 Å². The molecule has 2 atom stereocenters. The minimum atomic E-state index is -0.487. The number of fused-ring (bicyclic) bond motifs is 1. The van der Waals surface area contributed by atoms with Crippen LogP contribution < -0.4 is 10.2 Å². The van der Waals surface area contributed by atoms with Gasteiger partial charge in [0, 0.05) is 5.39 Å². The van der Waals surface area contributed by atoms with Crippen molar-refractivity contribution in [3.8, 4) is 0 Å². The van der Waals surface area contributed by atoms with Gasteiger partial charge in [-0.2, -0.15) is 0 Å². The molecule has 4 heteroatoms. The SMILES string of the molecule is CCC1C(=O)NC(C)C(=O)N1c1cccc2ccccc12. The van der Waals surface area contributed by atoms with E-state index in [-0.39, 0.29) is 11.8 Å². The lowest BCUT2D eigenvalue weighted by Crippen LogP contribution is -2.62. The molecule has 1 heterocycles. The van der Waals surface area contributed by atoms with Gasteiger partial charge in [-0.15, -0.1) is 0 Å². The number of hydrogen-bond acceptors (Lipinski definition) is 2. The molecule has 1 fully saturated rings. The maximum atomic E-state index is 12.6. The Morgan fingerprint density at radius 3 is 2.57 bits per heavy atom. The van der Waals surface area contributed by atoms with Gasteiger partial charge in [0.2, 0.25) is 11.8 Å². The minimum Gasteiger partial charge on any atom is -0.343 e. The van der Waals surface area contributed by atoms with E-state index in [1.807, 2.05) is 49.4 Å². The van der Waals surface area contributed by atoms with E-state index in [1.165, 1.54) is 0 Å². The molecule has 21 heavy (non-hydrogen) atoms. The van der Waals surface area contributed by atoms with Crippen LogP contribution in [-0.4, -0.2) is 23.9 Å². The number of benzene rings is 2. The summed E-state index contributed by atoms with van der Waals surface area (Å²) in [5.41, 5.74) is 0.812. The number of carbonyl (C=O) groups is 2. The van der Waals surface area contributed by atoms with E-state index in [1.54, 1.807) is 11.8 Å². The summed E-state index contributed by atoms with van der Waals surface area (Å²) in [6.07, 6.45) is 0.591. The van der Waals surface area contributed by atoms with Crippen LogP contribution in [0.3, 0.4) is 0 Å². The highest BCUT2D eigenvalue weighted by molar-refractivity contribution is 6.12. The molecule has 2 aromatic carbocycles. The maximum Gasteiger partial charge on any atom is 0.250 e. The molecule has 2 amide bonds. The van der Waals surface area contributed by atoms with Crippen LogP contribution in [0.4, 0.5) is 5.69 Å². The van der Waals surface area contributed by atoms with Crippen LogP contribution in [-0.2, 0) is 9.59 Å². The van der Waals surface area contributed by atoms with Crippen molar-refractivity contribution in [1.29, 1.82) is 0 Å². The molecule has 4 nitrogen and oxygen atoms in total. The van der Waals surface area contributed by atoms with Gasteiger partial charge in [-0.05, 0) is 24.8 Å². The van der Waals surface area contributed by atoms with Gasteiger partial charge in [-0.3, -0.25) is 14.5 Å². The third-order valence-electron chi connectivity index (χ3n) is 3.99. The molecule has 108 valence electrons. The van der Waals surface area contributed by atoms with E-state index < -0.39 is 12.1 Å². The molecule has 0 saturated carbocycles. The maximum absolute atomic E-state index is 12.6. The fourth-order valence-corrected chi connectivity index (χ4v) is 2.92. The van der Waals surface area contributed by atoms with Crippen LogP contribution >= 0.6 is 0 Å². The number of amides is 2. The van der Waals surface area contributed by atoms with Gasteiger partial charge in [-0.1, -0.05) is 43.3 Å². The van der Waals surface area contributed by atoms with Crippen molar-refractivity contribution in [2.75, 3.05) is 4.90 Å². The van der Waals surface area contributed by atoms with Gasteiger partial charge in [0.25, 0.3) is 0 Å². The second-order valence-corrected chi connectivity index (χ2v) is 5.36. The van der Waals surface area contributed by atoms with E-state index in [2.05, 4.69) is 5.32 Å².